The first kappa shape index (κ1) is 14.6. The van der Waals surface area contributed by atoms with Crippen LogP contribution in [-0.2, 0) is 4.79 Å². The van der Waals surface area contributed by atoms with Crippen molar-refractivity contribution in [3.05, 3.63) is 35.9 Å². The van der Waals surface area contributed by atoms with Crippen LogP contribution < -0.4 is 5.32 Å². The van der Waals surface area contributed by atoms with Crippen LogP contribution in [0.5, 0.6) is 0 Å². The van der Waals surface area contributed by atoms with Gasteiger partial charge in [0.2, 0.25) is 5.91 Å². The van der Waals surface area contributed by atoms with Crippen molar-refractivity contribution in [2.75, 3.05) is 20.1 Å². The Morgan fingerprint density at radius 3 is 2.95 bits per heavy atom. The van der Waals surface area contributed by atoms with Gasteiger partial charge >= 0.3 is 0 Å². The largest absolute Gasteiger partial charge is 0.359 e. The number of hydrogen-bond donors (Lipinski definition) is 1. The van der Waals surface area contributed by atoms with Crippen LogP contribution in [0.15, 0.2) is 24.7 Å². The quantitative estimate of drug-likeness (QED) is 0.907. The minimum absolute atomic E-state index is 0.0123. The van der Waals surface area contributed by atoms with Crippen LogP contribution in [0, 0.1) is 12.8 Å². The molecule has 0 spiro atoms. The standard InChI is InChI=1S/C16H20N4O2/c1-11-14(6-5-13-8-18-10-20(11)13)16(22)19-7-3-4-12(9-19)15(21)17-2/h5-6,8,10,12H,3-4,7,9H2,1-2H3,(H,17,21)/t12-/m0/s1. The minimum Gasteiger partial charge on any atom is -0.359 e. The van der Waals surface area contributed by atoms with E-state index >= 15 is 0 Å². The fraction of sp³-hybridized carbons (Fsp3) is 0.438. The van der Waals surface area contributed by atoms with Gasteiger partial charge in [0.15, 0.2) is 0 Å². The number of imidazole rings is 1. The number of carbonyl (C=O) groups excluding carboxylic acids is 2. The number of pyridine rings is 1. The zero-order valence-corrected chi connectivity index (χ0v) is 12.9. The highest BCUT2D eigenvalue weighted by molar-refractivity contribution is 5.96. The molecule has 1 aliphatic rings. The van der Waals surface area contributed by atoms with Crippen molar-refractivity contribution in [2.24, 2.45) is 5.92 Å². The molecule has 3 rings (SSSR count). The van der Waals surface area contributed by atoms with Gasteiger partial charge in [-0.05, 0) is 31.9 Å². The number of aryl methyl sites for hydroxylation is 1. The number of nitrogens with zero attached hydrogens (tertiary/aromatic N) is 3. The summed E-state index contributed by atoms with van der Waals surface area (Å²) in [4.78, 5) is 30.5. The molecular weight excluding hydrogens is 280 g/mol. The molecule has 1 aliphatic heterocycles. The number of hydrogen-bond acceptors (Lipinski definition) is 3. The van der Waals surface area contributed by atoms with Crippen LogP contribution in [0.2, 0.25) is 0 Å². The van der Waals surface area contributed by atoms with Gasteiger partial charge in [-0.3, -0.25) is 9.59 Å². The van der Waals surface area contributed by atoms with E-state index in [0.717, 1.165) is 24.1 Å². The molecule has 1 saturated heterocycles. The van der Waals surface area contributed by atoms with Crippen LogP contribution in [-0.4, -0.2) is 46.2 Å². The van der Waals surface area contributed by atoms with Crippen molar-refractivity contribution in [1.82, 2.24) is 19.6 Å². The van der Waals surface area contributed by atoms with Crippen molar-refractivity contribution in [3.8, 4) is 0 Å². The summed E-state index contributed by atoms with van der Waals surface area (Å²) in [5, 5.41) is 2.68. The molecule has 2 amide bonds. The van der Waals surface area contributed by atoms with E-state index in [9.17, 15) is 9.59 Å². The lowest BCUT2D eigenvalue weighted by Crippen LogP contribution is -2.45. The number of amides is 2. The van der Waals surface area contributed by atoms with Crippen molar-refractivity contribution >= 4 is 17.3 Å². The van der Waals surface area contributed by atoms with Gasteiger partial charge in [0, 0.05) is 25.8 Å². The molecular formula is C16H20N4O2. The molecule has 0 unspecified atom stereocenters. The maximum Gasteiger partial charge on any atom is 0.255 e. The Kier molecular flexibility index (Phi) is 3.83. The molecule has 0 radical (unpaired) electrons. The molecule has 2 aromatic rings. The number of aromatic nitrogens is 2. The maximum atomic E-state index is 12.8. The smallest absolute Gasteiger partial charge is 0.255 e. The predicted octanol–water partition coefficient (Wildman–Crippen LogP) is 1.24. The summed E-state index contributed by atoms with van der Waals surface area (Å²) in [6.45, 7) is 3.11. The van der Waals surface area contributed by atoms with E-state index < -0.39 is 0 Å². The summed E-state index contributed by atoms with van der Waals surface area (Å²) < 4.78 is 1.91. The van der Waals surface area contributed by atoms with E-state index in [1.165, 1.54) is 0 Å². The second-order valence-corrected chi connectivity index (χ2v) is 5.73. The molecule has 6 heteroatoms. The summed E-state index contributed by atoms with van der Waals surface area (Å²) in [6.07, 6.45) is 5.17. The van der Waals surface area contributed by atoms with Crippen LogP contribution in [0.4, 0.5) is 0 Å². The lowest BCUT2D eigenvalue weighted by Gasteiger charge is -2.32. The lowest BCUT2D eigenvalue weighted by molar-refractivity contribution is -0.125. The first-order chi connectivity index (χ1) is 10.6. The number of likely N-dealkylation sites (tertiary alicyclic amines) is 1. The fourth-order valence-corrected chi connectivity index (χ4v) is 3.10. The molecule has 0 saturated carbocycles. The fourth-order valence-electron chi connectivity index (χ4n) is 3.10. The summed E-state index contributed by atoms with van der Waals surface area (Å²) >= 11 is 0. The minimum atomic E-state index is -0.111. The Bertz CT molecular complexity index is 722. The number of nitrogens with one attached hydrogen (secondary N) is 1. The van der Waals surface area contributed by atoms with E-state index in [0.29, 0.717) is 18.7 Å². The van der Waals surface area contributed by atoms with Crippen LogP contribution in [0.25, 0.3) is 5.52 Å². The normalized spacial score (nSPS) is 18.5. The van der Waals surface area contributed by atoms with Gasteiger partial charge in [-0.25, -0.2) is 4.98 Å². The highest BCUT2D eigenvalue weighted by Crippen LogP contribution is 2.21. The summed E-state index contributed by atoms with van der Waals surface area (Å²) in [5.74, 6) is -0.110. The van der Waals surface area contributed by atoms with E-state index in [-0.39, 0.29) is 17.7 Å². The van der Waals surface area contributed by atoms with Gasteiger partial charge in [-0.15, -0.1) is 0 Å². The molecule has 1 N–H and O–H groups in total. The second kappa shape index (κ2) is 5.79. The highest BCUT2D eigenvalue weighted by atomic mass is 16.2. The highest BCUT2D eigenvalue weighted by Gasteiger charge is 2.29. The zero-order valence-electron chi connectivity index (χ0n) is 12.9. The van der Waals surface area contributed by atoms with Gasteiger partial charge in [0.25, 0.3) is 5.91 Å². The van der Waals surface area contributed by atoms with Crippen molar-refractivity contribution < 1.29 is 9.59 Å². The Hall–Kier alpha value is -2.37. The molecule has 6 nitrogen and oxygen atoms in total. The second-order valence-electron chi connectivity index (χ2n) is 5.73. The van der Waals surface area contributed by atoms with Crippen LogP contribution >= 0.6 is 0 Å². The monoisotopic (exact) mass is 300 g/mol. The summed E-state index contributed by atoms with van der Waals surface area (Å²) in [5.41, 5.74) is 2.51. The lowest BCUT2D eigenvalue weighted by atomic mass is 9.96. The Morgan fingerprint density at radius 1 is 1.36 bits per heavy atom. The molecule has 1 fully saturated rings. The van der Waals surface area contributed by atoms with E-state index in [1.54, 1.807) is 24.5 Å². The SMILES string of the molecule is CNC(=O)[C@H]1CCCN(C(=O)c2ccc3cncn3c2C)C1. The van der Waals surface area contributed by atoms with E-state index in [2.05, 4.69) is 10.3 Å². The Morgan fingerprint density at radius 2 is 2.18 bits per heavy atom. The average Bonchev–Trinajstić information content (AvgIpc) is 3.03. The van der Waals surface area contributed by atoms with Crippen LogP contribution in [0.3, 0.4) is 0 Å². The van der Waals surface area contributed by atoms with Crippen molar-refractivity contribution in [3.63, 3.8) is 0 Å². The molecule has 116 valence electrons. The van der Waals surface area contributed by atoms with Gasteiger partial charge < -0.3 is 14.6 Å². The average molecular weight is 300 g/mol. The number of rotatable bonds is 2. The Balaban J connectivity index is 1.85. The molecule has 1 atom stereocenters. The van der Waals surface area contributed by atoms with Crippen molar-refractivity contribution in [1.29, 1.82) is 0 Å². The third-order valence-corrected chi connectivity index (χ3v) is 4.40. The molecule has 0 aromatic carbocycles. The molecule has 3 heterocycles. The summed E-state index contributed by atoms with van der Waals surface area (Å²) in [6, 6.07) is 3.74. The molecule has 0 aliphatic carbocycles. The zero-order chi connectivity index (χ0) is 15.7. The first-order valence-corrected chi connectivity index (χ1v) is 7.54. The third kappa shape index (κ3) is 2.45. The van der Waals surface area contributed by atoms with Gasteiger partial charge in [-0.2, -0.15) is 0 Å². The first-order valence-electron chi connectivity index (χ1n) is 7.54. The van der Waals surface area contributed by atoms with Crippen LogP contribution in [0.1, 0.15) is 28.9 Å². The Labute approximate surface area is 129 Å². The molecule has 22 heavy (non-hydrogen) atoms. The predicted molar refractivity (Wildman–Crippen MR) is 82.6 cm³/mol. The van der Waals surface area contributed by atoms with E-state index in [1.807, 2.05) is 23.5 Å². The molecule has 2 aromatic heterocycles. The van der Waals surface area contributed by atoms with Gasteiger partial charge in [0.1, 0.15) is 0 Å². The number of fused-ring (bicyclic) bond motifs is 1. The van der Waals surface area contributed by atoms with E-state index in [4.69, 9.17) is 0 Å². The molecule has 0 bridgehead atoms. The topological polar surface area (TPSA) is 66.7 Å². The van der Waals surface area contributed by atoms with Gasteiger partial charge in [-0.1, -0.05) is 0 Å². The number of piperidine rings is 1. The third-order valence-electron chi connectivity index (χ3n) is 4.40. The maximum absolute atomic E-state index is 12.8. The summed E-state index contributed by atoms with van der Waals surface area (Å²) in [7, 11) is 1.64. The number of carbonyl (C=O) groups is 2. The van der Waals surface area contributed by atoms with Crippen molar-refractivity contribution in [2.45, 2.75) is 19.8 Å². The van der Waals surface area contributed by atoms with Gasteiger partial charge in [0.05, 0.1) is 29.5 Å².